The summed E-state index contributed by atoms with van der Waals surface area (Å²) >= 11 is 1.59. The Morgan fingerprint density at radius 2 is 1.90 bits per heavy atom. The molecule has 1 aliphatic carbocycles. The number of nitrogens with zero attached hydrogens (tertiary/aromatic N) is 2. The lowest BCUT2D eigenvalue weighted by atomic mass is 9.92. The van der Waals surface area contributed by atoms with E-state index in [1.807, 2.05) is 47.9 Å². The largest absolute Gasteiger partial charge is 0.294 e. The molecule has 2 aromatic carbocycles. The molecule has 0 saturated carbocycles. The average molecular weight is 424 g/mol. The van der Waals surface area contributed by atoms with E-state index in [-0.39, 0.29) is 0 Å². The Bertz CT molecular complexity index is 1320. The molecule has 0 spiro atoms. The lowest BCUT2D eigenvalue weighted by Gasteiger charge is -2.17. The first-order valence-corrected chi connectivity index (χ1v) is 12.0. The monoisotopic (exact) mass is 423 g/mol. The van der Waals surface area contributed by atoms with Gasteiger partial charge in [0.1, 0.15) is 0 Å². The zero-order chi connectivity index (χ0) is 20.0. The number of aromatic nitrogens is 2. The summed E-state index contributed by atoms with van der Waals surface area (Å²) in [6.45, 7) is 2.04. The maximum absolute atomic E-state index is 13.0. The van der Waals surface area contributed by atoms with Gasteiger partial charge in [0, 0.05) is 28.5 Å². The molecular formula is C22H21N3O2S2. The van der Waals surface area contributed by atoms with Gasteiger partial charge in [-0.15, -0.1) is 11.3 Å². The van der Waals surface area contributed by atoms with Crippen LogP contribution in [0.4, 0.5) is 5.69 Å². The van der Waals surface area contributed by atoms with Crippen molar-refractivity contribution < 1.29 is 8.42 Å². The van der Waals surface area contributed by atoms with E-state index in [1.54, 1.807) is 23.5 Å². The second-order valence-electron chi connectivity index (χ2n) is 7.48. The fourth-order valence-electron chi connectivity index (χ4n) is 3.87. The molecule has 0 amide bonds. The van der Waals surface area contributed by atoms with Crippen molar-refractivity contribution in [3.8, 4) is 11.3 Å². The molecule has 1 N–H and O–H groups in total. The molecule has 0 fully saturated rings. The quantitative estimate of drug-likeness (QED) is 0.499. The number of hydrogen-bond acceptors (Lipinski definition) is 4. The van der Waals surface area contributed by atoms with Gasteiger partial charge in [-0.05, 0) is 68.0 Å². The maximum Gasteiger partial charge on any atom is 0.261 e. The Balaban J connectivity index is 1.45. The van der Waals surface area contributed by atoms with Gasteiger partial charge in [0.05, 0.1) is 10.6 Å². The minimum atomic E-state index is -3.64. The Kier molecular flexibility index (Phi) is 4.44. The number of rotatable bonds is 4. The standard InChI is InChI=1S/C22H21N3O2S2/c1-15-14-28-22-23-21(13-25(15)22)18-7-4-8-19(11-18)24-29(26,27)20-10-9-16-5-2-3-6-17(16)12-20/h4,7-14,24H,2-3,5-6H2,1H3. The van der Waals surface area contributed by atoms with Gasteiger partial charge in [-0.3, -0.25) is 9.12 Å². The molecule has 148 valence electrons. The van der Waals surface area contributed by atoms with E-state index in [9.17, 15) is 8.42 Å². The Labute approximate surface area is 174 Å². The Morgan fingerprint density at radius 3 is 2.72 bits per heavy atom. The molecule has 0 aliphatic heterocycles. The van der Waals surface area contributed by atoms with E-state index >= 15 is 0 Å². The summed E-state index contributed by atoms with van der Waals surface area (Å²) in [7, 11) is -3.64. The summed E-state index contributed by atoms with van der Waals surface area (Å²) in [5.74, 6) is 0. The van der Waals surface area contributed by atoms with Gasteiger partial charge in [0.25, 0.3) is 10.0 Å². The summed E-state index contributed by atoms with van der Waals surface area (Å²) < 4.78 is 30.7. The molecule has 4 aromatic rings. The Morgan fingerprint density at radius 1 is 1.07 bits per heavy atom. The first kappa shape index (κ1) is 18.4. The van der Waals surface area contributed by atoms with Crippen molar-refractivity contribution in [2.45, 2.75) is 37.5 Å². The van der Waals surface area contributed by atoms with Crippen LogP contribution >= 0.6 is 11.3 Å². The van der Waals surface area contributed by atoms with Crippen molar-refractivity contribution >= 4 is 32.0 Å². The molecule has 29 heavy (non-hydrogen) atoms. The third kappa shape index (κ3) is 3.45. The zero-order valence-electron chi connectivity index (χ0n) is 16.1. The second-order valence-corrected chi connectivity index (χ2v) is 10.00. The van der Waals surface area contributed by atoms with Crippen LogP contribution < -0.4 is 4.72 Å². The molecule has 0 bridgehead atoms. The normalized spacial score (nSPS) is 14.1. The van der Waals surface area contributed by atoms with Crippen molar-refractivity contribution in [2.24, 2.45) is 0 Å². The molecule has 5 rings (SSSR count). The number of aryl methyl sites for hydroxylation is 3. The molecule has 2 heterocycles. The van der Waals surface area contributed by atoms with Gasteiger partial charge in [-0.2, -0.15) is 0 Å². The molecule has 0 atom stereocenters. The van der Waals surface area contributed by atoms with Gasteiger partial charge in [-0.25, -0.2) is 13.4 Å². The van der Waals surface area contributed by atoms with Crippen molar-refractivity contribution in [3.05, 3.63) is 70.9 Å². The van der Waals surface area contributed by atoms with Crippen molar-refractivity contribution in [3.63, 3.8) is 0 Å². The minimum absolute atomic E-state index is 0.321. The SMILES string of the molecule is Cc1csc2nc(-c3cccc(NS(=O)(=O)c4ccc5c(c4)CCCC5)c3)cn12. The van der Waals surface area contributed by atoms with Crippen LogP contribution in [0.1, 0.15) is 29.7 Å². The number of imidazole rings is 1. The zero-order valence-corrected chi connectivity index (χ0v) is 17.7. The van der Waals surface area contributed by atoms with Crippen LogP contribution in [0.2, 0.25) is 0 Å². The van der Waals surface area contributed by atoms with Crippen LogP contribution in [0.25, 0.3) is 16.2 Å². The summed E-state index contributed by atoms with van der Waals surface area (Å²) in [5, 5.41) is 2.06. The lowest BCUT2D eigenvalue weighted by molar-refractivity contribution is 0.600. The van der Waals surface area contributed by atoms with Gasteiger partial charge in [0.15, 0.2) is 4.96 Å². The Hall–Kier alpha value is -2.64. The smallest absolute Gasteiger partial charge is 0.261 e. The number of sulfonamides is 1. The number of hydrogen-bond donors (Lipinski definition) is 1. The molecule has 0 saturated heterocycles. The summed E-state index contributed by atoms with van der Waals surface area (Å²) in [6.07, 6.45) is 6.26. The number of nitrogens with one attached hydrogen (secondary N) is 1. The third-order valence-corrected chi connectivity index (χ3v) is 7.77. The number of thiazole rings is 1. The van der Waals surface area contributed by atoms with E-state index in [1.165, 1.54) is 12.0 Å². The molecule has 0 radical (unpaired) electrons. The molecule has 2 aromatic heterocycles. The fourth-order valence-corrected chi connectivity index (χ4v) is 5.82. The van der Waals surface area contributed by atoms with Crippen LogP contribution in [0.15, 0.2) is 58.9 Å². The molecular weight excluding hydrogens is 402 g/mol. The van der Waals surface area contributed by atoms with Gasteiger partial charge in [0.2, 0.25) is 0 Å². The molecule has 7 heteroatoms. The molecule has 5 nitrogen and oxygen atoms in total. The predicted octanol–water partition coefficient (Wildman–Crippen LogP) is 5.05. The van der Waals surface area contributed by atoms with E-state index in [0.29, 0.717) is 10.6 Å². The van der Waals surface area contributed by atoms with Crippen LogP contribution in [0.3, 0.4) is 0 Å². The first-order chi connectivity index (χ1) is 14.0. The van der Waals surface area contributed by atoms with E-state index < -0.39 is 10.0 Å². The first-order valence-electron chi connectivity index (χ1n) is 9.68. The molecule has 0 unspecified atom stereocenters. The van der Waals surface area contributed by atoms with E-state index in [0.717, 1.165) is 46.7 Å². The highest BCUT2D eigenvalue weighted by Crippen LogP contribution is 2.28. The minimum Gasteiger partial charge on any atom is -0.294 e. The number of benzene rings is 2. The van der Waals surface area contributed by atoms with E-state index in [4.69, 9.17) is 0 Å². The second kappa shape index (κ2) is 7.00. The summed E-state index contributed by atoms with van der Waals surface area (Å²) in [5.41, 5.74) is 5.80. The fraction of sp³-hybridized carbons (Fsp3) is 0.227. The van der Waals surface area contributed by atoms with E-state index in [2.05, 4.69) is 15.1 Å². The maximum atomic E-state index is 13.0. The van der Waals surface area contributed by atoms with Gasteiger partial charge < -0.3 is 0 Å². The number of fused-ring (bicyclic) bond motifs is 2. The highest BCUT2D eigenvalue weighted by molar-refractivity contribution is 7.92. The highest BCUT2D eigenvalue weighted by Gasteiger charge is 2.18. The predicted molar refractivity (Wildman–Crippen MR) is 117 cm³/mol. The van der Waals surface area contributed by atoms with Crippen molar-refractivity contribution in [1.29, 1.82) is 0 Å². The molecule has 1 aliphatic rings. The van der Waals surface area contributed by atoms with Crippen LogP contribution in [0, 0.1) is 6.92 Å². The van der Waals surface area contributed by atoms with Crippen LogP contribution in [-0.2, 0) is 22.9 Å². The summed E-state index contributed by atoms with van der Waals surface area (Å²) in [6, 6.07) is 12.9. The lowest BCUT2D eigenvalue weighted by Crippen LogP contribution is -2.14. The topological polar surface area (TPSA) is 63.5 Å². The van der Waals surface area contributed by atoms with Gasteiger partial charge in [-0.1, -0.05) is 18.2 Å². The van der Waals surface area contributed by atoms with Gasteiger partial charge >= 0.3 is 0 Å². The number of anilines is 1. The average Bonchev–Trinajstić information content (AvgIpc) is 3.30. The summed E-state index contributed by atoms with van der Waals surface area (Å²) in [4.78, 5) is 5.90. The van der Waals surface area contributed by atoms with Crippen LogP contribution in [0.5, 0.6) is 0 Å². The highest BCUT2D eigenvalue weighted by atomic mass is 32.2. The third-order valence-electron chi connectivity index (χ3n) is 5.43. The van der Waals surface area contributed by atoms with Crippen molar-refractivity contribution in [1.82, 2.24) is 9.38 Å². The van der Waals surface area contributed by atoms with Crippen LogP contribution in [-0.4, -0.2) is 17.8 Å². The van der Waals surface area contributed by atoms with Crippen molar-refractivity contribution in [2.75, 3.05) is 4.72 Å².